The topological polar surface area (TPSA) is 133 Å². The zero-order chi connectivity index (χ0) is 31.1. The molecule has 2 aromatic rings. The Kier molecular flexibility index (Phi) is 9.13. The lowest BCUT2D eigenvalue weighted by Gasteiger charge is -2.36. The molecule has 42 heavy (non-hydrogen) atoms. The Balaban J connectivity index is 1.93. The van der Waals surface area contributed by atoms with Crippen molar-refractivity contribution in [1.82, 2.24) is 0 Å². The van der Waals surface area contributed by atoms with E-state index in [2.05, 4.69) is 46.2 Å². The molecule has 0 spiro atoms. The van der Waals surface area contributed by atoms with Crippen LogP contribution in [0.3, 0.4) is 0 Å². The molecular formula is C34H22N2O6. The Morgan fingerprint density at radius 2 is 0.833 bits per heavy atom. The second kappa shape index (κ2) is 12.7. The maximum absolute atomic E-state index is 13.3. The predicted molar refractivity (Wildman–Crippen MR) is 156 cm³/mol. The predicted octanol–water partition coefficient (Wildman–Crippen LogP) is 2.58. The van der Waals surface area contributed by atoms with Gasteiger partial charge in [-0.15, -0.1) is 38.5 Å². The Labute approximate surface area is 243 Å². The van der Waals surface area contributed by atoms with Crippen LogP contribution >= 0.6 is 0 Å². The molecule has 4 unspecified atom stereocenters. The highest BCUT2D eigenvalue weighted by Gasteiger charge is 2.49. The average molecular weight is 555 g/mol. The van der Waals surface area contributed by atoms with E-state index in [1.807, 2.05) is 0 Å². The largest absolute Gasteiger partial charge is 0.481 e. The van der Waals surface area contributed by atoms with Crippen LogP contribution in [-0.4, -0.2) is 34.0 Å². The van der Waals surface area contributed by atoms with E-state index in [4.69, 9.17) is 38.5 Å². The first-order chi connectivity index (χ1) is 20.0. The van der Waals surface area contributed by atoms with Gasteiger partial charge in [-0.25, -0.2) is 0 Å². The normalized spacial score (nSPS) is 18.7. The van der Waals surface area contributed by atoms with Crippen LogP contribution < -0.4 is 10.6 Å². The first-order valence-electron chi connectivity index (χ1n) is 12.3. The number of rotatable bonds is 6. The van der Waals surface area contributed by atoms with E-state index in [-0.39, 0.29) is 44.8 Å². The lowest BCUT2D eigenvalue weighted by molar-refractivity contribution is -0.158. The van der Waals surface area contributed by atoms with Crippen LogP contribution in [0.25, 0.3) is 0 Å². The minimum atomic E-state index is -1.40. The minimum Gasteiger partial charge on any atom is -0.481 e. The van der Waals surface area contributed by atoms with Gasteiger partial charge in [-0.3, -0.25) is 19.2 Å². The summed E-state index contributed by atoms with van der Waals surface area (Å²) in [7, 11) is 0. The highest BCUT2D eigenvalue weighted by atomic mass is 16.4. The monoisotopic (exact) mass is 554 g/mol. The molecule has 3 rings (SSSR count). The highest BCUT2D eigenvalue weighted by molar-refractivity contribution is 5.99. The van der Waals surface area contributed by atoms with Crippen molar-refractivity contribution in [3.05, 3.63) is 57.6 Å². The molecule has 4 atom stereocenters. The summed E-state index contributed by atoms with van der Waals surface area (Å²) in [4.78, 5) is 51.1. The number of carboxylic acid groups (broad SMARTS) is 2. The second-order valence-electron chi connectivity index (χ2n) is 9.31. The first-order valence-corrected chi connectivity index (χ1v) is 12.3. The van der Waals surface area contributed by atoms with Crippen molar-refractivity contribution in [2.24, 2.45) is 23.7 Å². The SMILES string of the molecule is C#Cc1cc(NC(=O)C2CC(C(=O)O)C(C(=O)Nc3cc(C#C)c(C#C)c(C#C)c3)CC2C(=O)O)cc(C#C)c1C#C. The molecule has 8 heteroatoms. The molecule has 8 nitrogen and oxygen atoms in total. The Bertz CT molecular complexity index is 1570. The average Bonchev–Trinajstić information content (AvgIpc) is 2.98. The summed E-state index contributed by atoms with van der Waals surface area (Å²) < 4.78 is 0. The van der Waals surface area contributed by atoms with Crippen LogP contribution in [0, 0.1) is 97.7 Å². The Morgan fingerprint density at radius 1 is 0.548 bits per heavy atom. The number of hydrogen-bond donors (Lipinski definition) is 4. The smallest absolute Gasteiger partial charge is 0.307 e. The van der Waals surface area contributed by atoms with E-state index in [9.17, 15) is 29.4 Å². The van der Waals surface area contributed by atoms with Crippen LogP contribution in [-0.2, 0) is 19.2 Å². The van der Waals surface area contributed by atoms with Crippen molar-refractivity contribution in [2.45, 2.75) is 12.8 Å². The quantitative estimate of drug-likeness (QED) is 0.406. The fourth-order valence-electron chi connectivity index (χ4n) is 4.99. The first kappa shape index (κ1) is 30.2. The zero-order valence-electron chi connectivity index (χ0n) is 22.0. The van der Waals surface area contributed by atoms with Gasteiger partial charge in [-0.1, -0.05) is 35.5 Å². The third kappa shape index (κ3) is 5.96. The fourth-order valence-corrected chi connectivity index (χ4v) is 4.99. The molecule has 4 N–H and O–H groups in total. The van der Waals surface area contributed by atoms with Gasteiger partial charge in [0, 0.05) is 33.6 Å². The third-order valence-electron chi connectivity index (χ3n) is 7.02. The maximum atomic E-state index is 13.3. The van der Waals surface area contributed by atoms with Gasteiger partial charge in [-0.05, 0) is 37.1 Å². The number of carbonyl (C=O) groups is 4. The lowest BCUT2D eigenvalue weighted by Crippen LogP contribution is -2.47. The molecule has 2 aromatic carbocycles. The molecule has 0 heterocycles. The van der Waals surface area contributed by atoms with Crippen LogP contribution in [0.2, 0.25) is 0 Å². The standard InChI is InChI=1S/C34H22N2O6/c1-7-19-13-23(14-20(8-2)25(19)11-5)35-31(37)27-17-30(34(41)42)28(18-29(27)33(39)40)32(38)36-24-15-21(9-3)26(12-6)22(10-4)16-24/h1-6,13-16,27-30H,17-18H2,(H,35,37)(H,36,38)(H,39,40)(H,41,42). The summed E-state index contributed by atoms with van der Waals surface area (Å²) in [5.74, 6) is 4.60. The number of carboxylic acids is 2. The molecule has 1 aliphatic carbocycles. The highest BCUT2D eigenvalue weighted by Crippen LogP contribution is 2.40. The second-order valence-corrected chi connectivity index (χ2v) is 9.31. The van der Waals surface area contributed by atoms with Crippen LogP contribution in [0.5, 0.6) is 0 Å². The molecule has 204 valence electrons. The van der Waals surface area contributed by atoms with Crippen molar-refractivity contribution in [1.29, 1.82) is 0 Å². The van der Waals surface area contributed by atoms with Gasteiger partial charge in [0.25, 0.3) is 0 Å². The van der Waals surface area contributed by atoms with E-state index >= 15 is 0 Å². The van der Waals surface area contributed by atoms with Crippen molar-refractivity contribution in [3.63, 3.8) is 0 Å². The van der Waals surface area contributed by atoms with Gasteiger partial charge in [0.05, 0.1) is 34.8 Å². The number of amides is 2. The molecule has 0 aromatic heterocycles. The maximum Gasteiger partial charge on any atom is 0.307 e. The number of anilines is 2. The van der Waals surface area contributed by atoms with Crippen molar-refractivity contribution in [2.75, 3.05) is 10.6 Å². The molecular weight excluding hydrogens is 532 g/mol. The molecule has 0 bridgehead atoms. The molecule has 1 fully saturated rings. The Hall–Kier alpha value is -6.32. The number of aliphatic carboxylic acids is 2. The van der Waals surface area contributed by atoms with Crippen molar-refractivity contribution in [3.8, 4) is 74.1 Å². The molecule has 1 saturated carbocycles. The van der Waals surface area contributed by atoms with Gasteiger partial charge >= 0.3 is 11.9 Å². The summed E-state index contributed by atoms with van der Waals surface area (Å²) in [5, 5.41) is 25.1. The summed E-state index contributed by atoms with van der Waals surface area (Å²) in [6.07, 6.45) is 32.2. The summed E-state index contributed by atoms with van der Waals surface area (Å²) >= 11 is 0. The molecule has 0 saturated heterocycles. The van der Waals surface area contributed by atoms with Crippen LogP contribution in [0.15, 0.2) is 24.3 Å². The molecule has 1 aliphatic rings. The minimum absolute atomic E-state index is 0.153. The number of nitrogens with one attached hydrogen (secondary N) is 2. The summed E-state index contributed by atoms with van der Waals surface area (Å²) in [6.45, 7) is 0. The van der Waals surface area contributed by atoms with Gasteiger partial charge in [0.15, 0.2) is 0 Å². The van der Waals surface area contributed by atoms with E-state index < -0.39 is 60.3 Å². The van der Waals surface area contributed by atoms with Gasteiger partial charge < -0.3 is 20.8 Å². The zero-order valence-corrected chi connectivity index (χ0v) is 22.0. The fraction of sp³-hybridized carbons (Fsp3) is 0.176. The van der Waals surface area contributed by atoms with Gasteiger partial charge in [0.1, 0.15) is 0 Å². The van der Waals surface area contributed by atoms with Gasteiger partial charge in [0.2, 0.25) is 11.8 Å². The van der Waals surface area contributed by atoms with Crippen LogP contribution in [0.1, 0.15) is 46.2 Å². The Morgan fingerprint density at radius 3 is 1.05 bits per heavy atom. The van der Waals surface area contributed by atoms with Gasteiger partial charge in [-0.2, -0.15) is 0 Å². The van der Waals surface area contributed by atoms with E-state index in [1.54, 1.807) is 0 Å². The number of terminal acetylenes is 6. The molecule has 0 radical (unpaired) electrons. The summed E-state index contributed by atoms with van der Waals surface area (Å²) in [6, 6.07) is 5.60. The van der Waals surface area contributed by atoms with E-state index in [0.717, 1.165) is 0 Å². The lowest BCUT2D eigenvalue weighted by atomic mass is 9.67. The van der Waals surface area contributed by atoms with Crippen LogP contribution in [0.4, 0.5) is 11.4 Å². The number of hydrogen-bond acceptors (Lipinski definition) is 4. The molecule has 2 amide bonds. The number of benzene rings is 2. The van der Waals surface area contributed by atoms with E-state index in [0.29, 0.717) is 0 Å². The van der Waals surface area contributed by atoms with Crippen molar-refractivity contribution < 1.29 is 29.4 Å². The third-order valence-corrected chi connectivity index (χ3v) is 7.02. The summed E-state index contributed by atoms with van der Waals surface area (Å²) in [5.41, 5.74) is 1.79. The van der Waals surface area contributed by atoms with E-state index in [1.165, 1.54) is 24.3 Å². The number of carbonyl (C=O) groups excluding carboxylic acids is 2. The van der Waals surface area contributed by atoms with Crippen molar-refractivity contribution >= 4 is 35.1 Å². The molecule has 0 aliphatic heterocycles.